The Morgan fingerprint density at radius 2 is 1.71 bits per heavy atom. The molecule has 14 heavy (non-hydrogen) atoms. The molecule has 4 heteroatoms. The van der Waals surface area contributed by atoms with Gasteiger partial charge in [0, 0.05) is 13.2 Å². The lowest BCUT2D eigenvalue weighted by Gasteiger charge is -2.05. The third-order valence-electron chi connectivity index (χ3n) is 2.40. The number of carboxylic acid groups (broad SMARTS) is 1. The van der Waals surface area contributed by atoms with Crippen molar-refractivity contribution in [3.05, 3.63) is 0 Å². The van der Waals surface area contributed by atoms with E-state index in [9.17, 15) is 4.79 Å². The van der Waals surface area contributed by atoms with Crippen LogP contribution < -0.4 is 0 Å². The van der Waals surface area contributed by atoms with Crippen LogP contribution in [0.3, 0.4) is 0 Å². The molecule has 0 atom stereocenters. The first-order chi connectivity index (χ1) is 6.79. The highest BCUT2D eigenvalue weighted by Gasteiger charge is 2.17. The molecule has 0 radical (unpaired) electrons. The van der Waals surface area contributed by atoms with Crippen molar-refractivity contribution in [3.8, 4) is 0 Å². The Kier molecular flexibility index (Phi) is 5.37. The molecule has 0 amide bonds. The Bertz CT molecular complexity index is 152. The van der Waals surface area contributed by atoms with Crippen LogP contribution in [0.15, 0.2) is 0 Å². The molecule has 0 aromatic carbocycles. The van der Waals surface area contributed by atoms with E-state index in [4.69, 9.17) is 9.84 Å². The summed E-state index contributed by atoms with van der Waals surface area (Å²) in [7, 11) is 0. The summed E-state index contributed by atoms with van der Waals surface area (Å²) in [6.07, 6.45) is 5.44. The zero-order valence-corrected chi connectivity index (χ0v) is 8.41. The van der Waals surface area contributed by atoms with Gasteiger partial charge in [-0.25, -0.2) is 4.79 Å². The van der Waals surface area contributed by atoms with Crippen molar-refractivity contribution in [1.82, 2.24) is 0 Å². The highest BCUT2D eigenvalue weighted by atomic mass is 16.7. The number of hydrogen-bond acceptors (Lipinski definition) is 3. The highest BCUT2D eigenvalue weighted by Crippen LogP contribution is 2.20. The Balaban J connectivity index is 0.000000165. The summed E-state index contributed by atoms with van der Waals surface area (Å²) in [6.45, 7) is 2.00. The molecule has 0 aromatic rings. The quantitative estimate of drug-likeness (QED) is 0.663. The van der Waals surface area contributed by atoms with E-state index in [-0.39, 0.29) is 6.10 Å². The minimum absolute atomic E-state index is 0.0116. The maximum atomic E-state index is 9.93. The molecule has 1 aliphatic carbocycles. The zero-order valence-electron chi connectivity index (χ0n) is 8.41. The van der Waals surface area contributed by atoms with E-state index < -0.39 is 6.16 Å². The van der Waals surface area contributed by atoms with Crippen LogP contribution in [0.1, 0.15) is 38.5 Å². The van der Waals surface area contributed by atoms with Gasteiger partial charge in [0.1, 0.15) is 6.10 Å². The van der Waals surface area contributed by atoms with Crippen LogP contribution in [0.5, 0.6) is 0 Å². The standard InChI is InChI=1S/C6H10O3.C4H8O/c7-6(8)9-5-3-1-2-4-5;1-2-4-5-3-1/h5H,1-4H2,(H,7,8);1-4H2. The van der Waals surface area contributed by atoms with Gasteiger partial charge < -0.3 is 14.6 Å². The molecule has 1 aliphatic heterocycles. The first-order valence-corrected chi connectivity index (χ1v) is 5.26. The number of carbonyl (C=O) groups is 1. The molecule has 4 nitrogen and oxygen atoms in total. The van der Waals surface area contributed by atoms with Crippen LogP contribution in [0.25, 0.3) is 0 Å². The van der Waals surface area contributed by atoms with E-state index in [0.29, 0.717) is 0 Å². The average Bonchev–Trinajstić information content (AvgIpc) is 2.75. The number of hydrogen-bond donors (Lipinski definition) is 1. The monoisotopic (exact) mass is 202 g/mol. The van der Waals surface area contributed by atoms with Gasteiger partial charge in [-0.15, -0.1) is 0 Å². The third kappa shape index (κ3) is 5.07. The lowest BCUT2D eigenvalue weighted by molar-refractivity contribution is 0.0547. The van der Waals surface area contributed by atoms with Gasteiger partial charge in [-0.1, -0.05) is 0 Å². The van der Waals surface area contributed by atoms with Crippen molar-refractivity contribution in [2.24, 2.45) is 0 Å². The second kappa shape index (κ2) is 6.65. The molecule has 2 fully saturated rings. The number of ether oxygens (including phenoxy) is 2. The van der Waals surface area contributed by atoms with Crippen molar-refractivity contribution in [2.45, 2.75) is 44.6 Å². The molecule has 82 valence electrons. The summed E-state index contributed by atoms with van der Waals surface area (Å²) >= 11 is 0. The molecule has 0 spiro atoms. The van der Waals surface area contributed by atoms with Crippen molar-refractivity contribution in [3.63, 3.8) is 0 Å². The minimum Gasteiger partial charge on any atom is -0.450 e. The summed E-state index contributed by atoms with van der Waals surface area (Å²) in [6, 6.07) is 0. The van der Waals surface area contributed by atoms with E-state index in [1.54, 1.807) is 0 Å². The molecule has 1 heterocycles. The van der Waals surface area contributed by atoms with Crippen LogP contribution in [0, 0.1) is 0 Å². The molecule has 0 bridgehead atoms. The van der Waals surface area contributed by atoms with Crippen LogP contribution in [-0.4, -0.2) is 30.6 Å². The smallest absolute Gasteiger partial charge is 0.450 e. The first-order valence-electron chi connectivity index (χ1n) is 5.26. The van der Waals surface area contributed by atoms with Crippen molar-refractivity contribution < 1.29 is 19.4 Å². The normalized spacial score (nSPS) is 21.4. The summed E-state index contributed by atoms with van der Waals surface area (Å²) in [5.41, 5.74) is 0. The van der Waals surface area contributed by atoms with E-state index >= 15 is 0 Å². The fraction of sp³-hybridized carbons (Fsp3) is 0.900. The Labute approximate surface area is 84.2 Å². The summed E-state index contributed by atoms with van der Waals surface area (Å²) in [5.74, 6) is 0. The van der Waals surface area contributed by atoms with Crippen LogP contribution in [0.2, 0.25) is 0 Å². The van der Waals surface area contributed by atoms with E-state index in [0.717, 1.165) is 38.9 Å². The Hall–Kier alpha value is -0.770. The van der Waals surface area contributed by atoms with E-state index in [1.807, 2.05) is 0 Å². The van der Waals surface area contributed by atoms with Gasteiger partial charge in [-0.05, 0) is 38.5 Å². The molecular formula is C10H18O4. The molecule has 1 N–H and O–H groups in total. The fourth-order valence-corrected chi connectivity index (χ4v) is 1.66. The second-order valence-electron chi connectivity index (χ2n) is 3.61. The van der Waals surface area contributed by atoms with Crippen molar-refractivity contribution >= 4 is 6.16 Å². The lowest BCUT2D eigenvalue weighted by Crippen LogP contribution is -2.11. The van der Waals surface area contributed by atoms with E-state index in [1.165, 1.54) is 12.8 Å². The fourth-order valence-electron chi connectivity index (χ4n) is 1.66. The predicted octanol–water partition coefficient (Wildman–Crippen LogP) is 2.42. The van der Waals surface area contributed by atoms with Crippen LogP contribution in [0.4, 0.5) is 4.79 Å². The lowest BCUT2D eigenvalue weighted by atomic mass is 10.3. The minimum atomic E-state index is -1.14. The van der Waals surface area contributed by atoms with Gasteiger partial charge in [0.05, 0.1) is 0 Å². The van der Waals surface area contributed by atoms with Gasteiger partial charge in [0.2, 0.25) is 0 Å². The maximum absolute atomic E-state index is 9.93. The first kappa shape index (κ1) is 11.3. The van der Waals surface area contributed by atoms with Gasteiger partial charge in [-0.2, -0.15) is 0 Å². The maximum Gasteiger partial charge on any atom is 0.506 e. The molecule has 1 saturated heterocycles. The number of rotatable bonds is 1. The third-order valence-corrected chi connectivity index (χ3v) is 2.40. The summed E-state index contributed by atoms with van der Waals surface area (Å²) in [5, 5.41) is 8.15. The highest BCUT2D eigenvalue weighted by molar-refractivity contribution is 5.57. The van der Waals surface area contributed by atoms with Gasteiger partial charge in [-0.3, -0.25) is 0 Å². The Morgan fingerprint density at radius 3 is 2.07 bits per heavy atom. The molecule has 2 aliphatic rings. The topological polar surface area (TPSA) is 55.8 Å². The molecule has 0 aromatic heterocycles. The van der Waals surface area contributed by atoms with Crippen LogP contribution >= 0.6 is 0 Å². The largest absolute Gasteiger partial charge is 0.506 e. The van der Waals surface area contributed by atoms with E-state index in [2.05, 4.69) is 4.74 Å². The van der Waals surface area contributed by atoms with Crippen molar-refractivity contribution in [2.75, 3.05) is 13.2 Å². The molecular weight excluding hydrogens is 184 g/mol. The molecule has 1 saturated carbocycles. The van der Waals surface area contributed by atoms with Crippen molar-refractivity contribution in [1.29, 1.82) is 0 Å². The summed E-state index contributed by atoms with van der Waals surface area (Å²) < 4.78 is 9.47. The van der Waals surface area contributed by atoms with Gasteiger partial charge in [0.15, 0.2) is 0 Å². The molecule has 0 unspecified atom stereocenters. The Morgan fingerprint density at radius 1 is 1.14 bits per heavy atom. The second-order valence-corrected chi connectivity index (χ2v) is 3.61. The average molecular weight is 202 g/mol. The van der Waals surface area contributed by atoms with Gasteiger partial charge >= 0.3 is 6.16 Å². The van der Waals surface area contributed by atoms with Crippen LogP contribution in [-0.2, 0) is 9.47 Å². The SMILES string of the molecule is C1CCOC1.O=C(O)OC1CCCC1. The summed E-state index contributed by atoms with van der Waals surface area (Å²) in [4.78, 5) is 9.93. The molecule has 2 rings (SSSR count). The van der Waals surface area contributed by atoms with Gasteiger partial charge in [0.25, 0.3) is 0 Å². The predicted molar refractivity (Wildman–Crippen MR) is 51.4 cm³/mol. The zero-order chi connectivity index (χ0) is 10.2.